The van der Waals surface area contributed by atoms with Gasteiger partial charge in [0.2, 0.25) is 11.5 Å². The van der Waals surface area contributed by atoms with E-state index in [1.165, 1.54) is 0 Å². The largest absolute Gasteiger partial charge is 0.462 e. The second-order valence-electron chi connectivity index (χ2n) is 10.6. The monoisotopic (exact) mass is 522 g/mol. The van der Waals surface area contributed by atoms with E-state index < -0.39 is 34.0 Å². The van der Waals surface area contributed by atoms with E-state index >= 15 is 0 Å². The number of carbonyl (C=O) groups excluding carboxylic acids is 2. The van der Waals surface area contributed by atoms with E-state index in [1.807, 2.05) is 20.9 Å². The summed E-state index contributed by atoms with van der Waals surface area (Å²) in [6, 6.07) is -0.688. The Morgan fingerprint density at radius 1 is 1.16 bits per heavy atom. The quantitative estimate of drug-likeness (QED) is 0.296. The Bertz CT molecular complexity index is 1010. The lowest BCUT2D eigenvalue weighted by molar-refractivity contribution is -0.385. The molecule has 3 heterocycles. The number of nitrogens with zero attached hydrogens (tertiary/aromatic N) is 6. The van der Waals surface area contributed by atoms with Gasteiger partial charge in [-0.2, -0.15) is 9.97 Å². The number of esters is 1. The highest BCUT2D eigenvalue weighted by atomic mass is 16.6. The van der Waals surface area contributed by atoms with Gasteiger partial charge in [0.15, 0.2) is 0 Å². The zero-order valence-corrected chi connectivity index (χ0v) is 22.7. The molecule has 1 amide bonds. The standard InChI is InChI=1S/C24H38N6O7/c1-8-35-21(31)18-19(30(33)34)20(26-22(25-18)36-14-17-10-9-11-27(17)7)28-12-16(3)29(13-15(28)2)23(32)37-24(4,5)6/h15-17H,8-14H2,1-7H3/t15-,16-,17-/m0/s1. The van der Waals surface area contributed by atoms with Gasteiger partial charge < -0.3 is 28.9 Å². The van der Waals surface area contributed by atoms with Crippen molar-refractivity contribution in [1.29, 1.82) is 0 Å². The molecule has 3 rings (SSSR count). The number of hydrogen-bond donors (Lipinski definition) is 0. The van der Waals surface area contributed by atoms with Gasteiger partial charge >= 0.3 is 23.8 Å². The molecule has 2 aliphatic rings. The van der Waals surface area contributed by atoms with Crippen molar-refractivity contribution >= 4 is 23.6 Å². The van der Waals surface area contributed by atoms with Crippen LogP contribution in [0, 0.1) is 10.1 Å². The molecule has 0 N–H and O–H groups in total. The lowest BCUT2D eigenvalue weighted by atomic mass is 10.1. The molecule has 0 aromatic carbocycles. The van der Waals surface area contributed by atoms with Crippen LogP contribution in [0.4, 0.5) is 16.3 Å². The summed E-state index contributed by atoms with van der Waals surface area (Å²) < 4.78 is 16.5. The first-order chi connectivity index (χ1) is 17.3. The van der Waals surface area contributed by atoms with Gasteiger partial charge in [-0.1, -0.05) is 0 Å². The minimum absolute atomic E-state index is 0.0282. The highest BCUT2D eigenvalue weighted by Crippen LogP contribution is 2.35. The van der Waals surface area contributed by atoms with Crippen molar-refractivity contribution in [2.75, 3.05) is 44.8 Å². The van der Waals surface area contributed by atoms with Crippen molar-refractivity contribution < 1.29 is 28.7 Å². The maximum absolute atomic E-state index is 12.8. The highest BCUT2D eigenvalue weighted by molar-refractivity contribution is 5.94. The molecule has 0 spiro atoms. The molecule has 2 aliphatic heterocycles. The van der Waals surface area contributed by atoms with E-state index in [4.69, 9.17) is 14.2 Å². The molecule has 1 aromatic heterocycles. The molecule has 0 radical (unpaired) electrons. The number of amides is 1. The Morgan fingerprint density at radius 3 is 2.43 bits per heavy atom. The molecule has 3 atom stereocenters. The molecule has 0 aliphatic carbocycles. The van der Waals surface area contributed by atoms with Gasteiger partial charge in [-0.3, -0.25) is 10.1 Å². The van der Waals surface area contributed by atoms with Crippen LogP contribution in [0.3, 0.4) is 0 Å². The normalized spacial score (nSPS) is 22.6. The first-order valence-electron chi connectivity index (χ1n) is 12.6. The summed E-state index contributed by atoms with van der Waals surface area (Å²) in [5.74, 6) is -0.963. The number of anilines is 1. The number of carbonyl (C=O) groups is 2. The van der Waals surface area contributed by atoms with E-state index in [9.17, 15) is 19.7 Å². The Morgan fingerprint density at radius 2 is 1.86 bits per heavy atom. The van der Waals surface area contributed by atoms with Crippen LogP contribution in [-0.4, -0.2) is 100 Å². The van der Waals surface area contributed by atoms with E-state index in [1.54, 1.807) is 37.5 Å². The third-order valence-corrected chi connectivity index (χ3v) is 6.46. The summed E-state index contributed by atoms with van der Waals surface area (Å²) in [5.41, 5.74) is -1.66. The van der Waals surface area contributed by atoms with Crippen LogP contribution >= 0.6 is 0 Å². The molecule has 2 fully saturated rings. The lowest BCUT2D eigenvalue weighted by Gasteiger charge is -2.44. The molecule has 0 saturated carbocycles. The van der Waals surface area contributed by atoms with E-state index in [-0.39, 0.29) is 56.3 Å². The number of piperazine rings is 1. The van der Waals surface area contributed by atoms with Crippen molar-refractivity contribution in [1.82, 2.24) is 19.8 Å². The summed E-state index contributed by atoms with van der Waals surface area (Å²) in [5, 5.41) is 12.2. The van der Waals surface area contributed by atoms with Crippen LogP contribution in [-0.2, 0) is 9.47 Å². The van der Waals surface area contributed by atoms with Crippen molar-refractivity contribution in [2.45, 2.75) is 78.1 Å². The first kappa shape index (κ1) is 28.4. The molecule has 13 heteroatoms. The average Bonchev–Trinajstić information content (AvgIpc) is 3.21. The minimum Gasteiger partial charge on any atom is -0.462 e. The van der Waals surface area contributed by atoms with Gasteiger partial charge in [0, 0.05) is 31.2 Å². The summed E-state index contributed by atoms with van der Waals surface area (Å²) >= 11 is 0. The van der Waals surface area contributed by atoms with Gasteiger partial charge in [0.05, 0.1) is 11.5 Å². The van der Waals surface area contributed by atoms with Crippen LogP contribution in [0.15, 0.2) is 0 Å². The maximum Gasteiger partial charge on any atom is 0.410 e. The molecule has 1 aromatic rings. The lowest BCUT2D eigenvalue weighted by Crippen LogP contribution is -2.59. The predicted octanol–water partition coefficient (Wildman–Crippen LogP) is 2.87. The molecule has 37 heavy (non-hydrogen) atoms. The molecule has 0 unspecified atom stereocenters. The fraction of sp³-hybridized carbons (Fsp3) is 0.750. The maximum atomic E-state index is 12.8. The van der Waals surface area contributed by atoms with Crippen LogP contribution in [0.5, 0.6) is 6.01 Å². The molecule has 0 bridgehead atoms. The zero-order valence-electron chi connectivity index (χ0n) is 22.7. The minimum atomic E-state index is -0.922. The van der Waals surface area contributed by atoms with Crippen molar-refractivity contribution in [2.24, 2.45) is 0 Å². The number of rotatable bonds is 7. The Hall–Kier alpha value is -3.22. The summed E-state index contributed by atoms with van der Waals surface area (Å²) in [4.78, 5) is 51.0. The van der Waals surface area contributed by atoms with Crippen LogP contribution in [0.25, 0.3) is 0 Å². The fourth-order valence-corrected chi connectivity index (χ4v) is 4.55. The Kier molecular flexibility index (Phi) is 8.77. The summed E-state index contributed by atoms with van der Waals surface area (Å²) in [6.07, 6.45) is 1.53. The summed E-state index contributed by atoms with van der Waals surface area (Å²) in [6.45, 7) is 12.4. The van der Waals surface area contributed by atoms with Gasteiger partial charge in [-0.25, -0.2) is 9.59 Å². The third kappa shape index (κ3) is 6.76. The second kappa shape index (κ2) is 11.4. The van der Waals surface area contributed by atoms with Gasteiger partial charge in [-0.05, 0) is 68.0 Å². The third-order valence-electron chi connectivity index (χ3n) is 6.46. The Labute approximate surface area is 217 Å². The average molecular weight is 523 g/mol. The molecular formula is C24H38N6O7. The molecule has 206 valence electrons. The van der Waals surface area contributed by atoms with E-state index in [0.29, 0.717) is 0 Å². The number of ether oxygens (including phenoxy) is 3. The molecule has 2 saturated heterocycles. The van der Waals surface area contributed by atoms with Gasteiger partial charge in [0.1, 0.15) is 12.2 Å². The fourth-order valence-electron chi connectivity index (χ4n) is 4.55. The van der Waals surface area contributed by atoms with Crippen LogP contribution in [0.1, 0.15) is 64.9 Å². The molecular weight excluding hydrogens is 484 g/mol. The number of likely N-dealkylation sites (N-methyl/N-ethyl adjacent to an activating group) is 1. The second-order valence-corrected chi connectivity index (χ2v) is 10.6. The predicted molar refractivity (Wildman–Crippen MR) is 135 cm³/mol. The smallest absolute Gasteiger partial charge is 0.410 e. The van der Waals surface area contributed by atoms with Crippen LogP contribution < -0.4 is 9.64 Å². The number of aromatic nitrogens is 2. The zero-order chi connectivity index (χ0) is 27.5. The van der Waals surface area contributed by atoms with Gasteiger partial charge in [-0.15, -0.1) is 0 Å². The summed E-state index contributed by atoms with van der Waals surface area (Å²) in [7, 11) is 2.00. The van der Waals surface area contributed by atoms with Crippen molar-refractivity contribution in [3.8, 4) is 6.01 Å². The number of nitro groups is 1. The molecule has 13 nitrogen and oxygen atoms in total. The van der Waals surface area contributed by atoms with Gasteiger partial charge in [0.25, 0.3) is 0 Å². The number of hydrogen-bond acceptors (Lipinski definition) is 11. The van der Waals surface area contributed by atoms with Crippen molar-refractivity contribution in [3.63, 3.8) is 0 Å². The first-order valence-corrected chi connectivity index (χ1v) is 12.6. The number of likely N-dealkylation sites (tertiary alicyclic amines) is 1. The topological polar surface area (TPSA) is 140 Å². The Balaban J connectivity index is 1.97. The van der Waals surface area contributed by atoms with E-state index in [0.717, 1.165) is 19.4 Å². The highest BCUT2D eigenvalue weighted by Gasteiger charge is 2.40. The SMILES string of the molecule is CCOC(=O)c1nc(OC[C@@H]2CCCN2C)nc(N2C[C@H](C)N(C(=O)OC(C)(C)C)C[C@@H]2C)c1[N+](=O)[O-]. The van der Waals surface area contributed by atoms with Crippen molar-refractivity contribution in [3.05, 3.63) is 15.8 Å². The van der Waals surface area contributed by atoms with E-state index in [2.05, 4.69) is 14.9 Å². The van der Waals surface area contributed by atoms with Crippen LogP contribution in [0.2, 0.25) is 0 Å².